The fourth-order valence-corrected chi connectivity index (χ4v) is 2.37. The monoisotopic (exact) mass is 281 g/mol. The Kier molecular flexibility index (Phi) is 3.10. The lowest BCUT2D eigenvalue weighted by Gasteiger charge is -2.27. The summed E-state index contributed by atoms with van der Waals surface area (Å²) in [5, 5.41) is 0. The van der Waals surface area contributed by atoms with Gasteiger partial charge >= 0.3 is 0 Å². The number of Topliss-reactive ketones (excluding diaryl/α,β-unsaturated/α-hetero) is 1. The third kappa shape index (κ3) is 2.16. The molecule has 0 atom stereocenters. The van der Waals surface area contributed by atoms with Crippen molar-refractivity contribution in [3.63, 3.8) is 0 Å². The van der Waals surface area contributed by atoms with E-state index < -0.39 is 0 Å². The van der Waals surface area contributed by atoms with Crippen molar-refractivity contribution in [1.29, 1.82) is 0 Å². The SMILES string of the molecule is Cc1cc(Br)ccc1N1CCC(=O)CC1=O. The second-order valence-corrected chi connectivity index (χ2v) is 4.86. The molecule has 84 valence electrons. The highest BCUT2D eigenvalue weighted by atomic mass is 79.9. The van der Waals surface area contributed by atoms with Gasteiger partial charge in [0.25, 0.3) is 0 Å². The van der Waals surface area contributed by atoms with Gasteiger partial charge in [-0.05, 0) is 30.7 Å². The van der Waals surface area contributed by atoms with Gasteiger partial charge in [0.15, 0.2) is 0 Å². The van der Waals surface area contributed by atoms with Crippen LogP contribution in [0.5, 0.6) is 0 Å². The number of halogens is 1. The van der Waals surface area contributed by atoms with E-state index in [0.717, 1.165) is 15.7 Å². The Bertz CT molecular complexity index is 456. The fraction of sp³-hybridized carbons (Fsp3) is 0.333. The lowest BCUT2D eigenvalue weighted by Crippen LogP contribution is -2.39. The third-order valence-corrected chi connectivity index (χ3v) is 3.21. The van der Waals surface area contributed by atoms with Crippen LogP contribution in [0.25, 0.3) is 0 Å². The smallest absolute Gasteiger partial charge is 0.234 e. The molecule has 4 heteroatoms. The molecule has 0 bridgehead atoms. The number of ketones is 1. The Morgan fingerprint density at radius 3 is 2.69 bits per heavy atom. The normalized spacial score (nSPS) is 16.8. The lowest BCUT2D eigenvalue weighted by molar-refractivity contribution is -0.128. The number of rotatable bonds is 1. The zero-order valence-electron chi connectivity index (χ0n) is 9.00. The molecule has 0 spiro atoms. The van der Waals surface area contributed by atoms with Crippen LogP contribution in [0.1, 0.15) is 18.4 Å². The molecule has 0 unspecified atom stereocenters. The van der Waals surface area contributed by atoms with Crippen LogP contribution >= 0.6 is 15.9 Å². The number of piperidine rings is 1. The maximum atomic E-state index is 11.7. The average Bonchev–Trinajstić information content (AvgIpc) is 2.19. The molecule has 0 N–H and O–H groups in total. The van der Waals surface area contributed by atoms with Crippen molar-refractivity contribution >= 4 is 33.3 Å². The zero-order chi connectivity index (χ0) is 11.7. The molecule has 0 aliphatic carbocycles. The Hall–Kier alpha value is -1.16. The Morgan fingerprint density at radius 1 is 1.31 bits per heavy atom. The Balaban J connectivity index is 2.30. The molecule has 1 fully saturated rings. The quantitative estimate of drug-likeness (QED) is 0.742. The van der Waals surface area contributed by atoms with E-state index in [1.54, 1.807) is 4.90 Å². The minimum Gasteiger partial charge on any atom is -0.311 e. The van der Waals surface area contributed by atoms with Gasteiger partial charge in [-0.2, -0.15) is 0 Å². The summed E-state index contributed by atoms with van der Waals surface area (Å²) in [6, 6.07) is 5.79. The topological polar surface area (TPSA) is 37.4 Å². The van der Waals surface area contributed by atoms with Crippen molar-refractivity contribution in [2.24, 2.45) is 0 Å². The van der Waals surface area contributed by atoms with E-state index >= 15 is 0 Å². The van der Waals surface area contributed by atoms with Crippen molar-refractivity contribution in [2.75, 3.05) is 11.4 Å². The standard InChI is InChI=1S/C12H12BrNO2/c1-8-6-9(13)2-3-11(8)14-5-4-10(15)7-12(14)16/h2-3,6H,4-5,7H2,1H3. The molecule has 1 saturated heterocycles. The van der Waals surface area contributed by atoms with Crippen LogP contribution in [-0.2, 0) is 9.59 Å². The van der Waals surface area contributed by atoms with Crippen LogP contribution in [-0.4, -0.2) is 18.2 Å². The van der Waals surface area contributed by atoms with Gasteiger partial charge in [-0.1, -0.05) is 15.9 Å². The summed E-state index contributed by atoms with van der Waals surface area (Å²) in [6.07, 6.45) is 0.497. The molecule has 1 aliphatic rings. The predicted molar refractivity (Wildman–Crippen MR) is 65.5 cm³/mol. The summed E-state index contributed by atoms with van der Waals surface area (Å²) < 4.78 is 0.995. The van der Waals surface area contributed by atoms with Crippen LogP contribution in [0.2, 0.25) is 0 Å². The van der Waals surface area contributed by atoms with Crippen LogP contribution in [0.3, 0.4) is 0 Å². The highest BCUT2D eigenvalue weighted by Gasteiger charge is 2.25. The van der Waals surface area contributed by atoms with Crippen molar-refractivity contribution < 1.29 is 9.59 Å². The van der Waals surface area contributed by atoms with Gasteiger partial charge in [0, 0.05) is 23.1 Å². The van der Waals surface area contributed by atoms with Crippen molar-refractivity contribution in [1.82, 2.24) is 0 Å². The van der Waals surface area contributed by atoms with E-state index in [2.05, 4.69) is 15.9 Å². The molecular weight excluding hydrogens is 270 g/mol. The van der Waals surface area contributed by atoms with Crippen LogP contribution in [0.4, 0.5) is 5.69 Å². The molecule has 1 heterocycles. The molecular formula is C12H12BrNO2. The number of carbonyl (C=O) groups excluding carboxylic acids is 2. The molecule has 0 saturated carbocycles. The molecule has 1 aromatic rings. The number of nitrogens with zero attached hydrogens (tertiary/aromatic N) is 1. The molecule has 1 amide bonds. The highest BCUT2D eigenvalue weighted by Crippen LogP contribution is 2.26. The first kappa shape index (κ1) is 11.3. The van der Waals surface area contributed by atoms with E-state index in [1.165, 1.54) is 0 Å². The number of hydrogen-bond acceptors (Lipinski definition) is 2. The molecule has 0 aromatic heterocycles. The number of anilines is 1. The average molecular weight is 282 g/mol. The minimum absolute atomic E-state index is 0.0372. The number of benzene rings is 1. The van der Waals surface area contributed by atoms with Crippen LogP contribution in [0.15, 0.2) is 22.7 Å². The van der Waals surface area contributed by atoms with Gasteiger partial charge < -0.3 is 4.90 Å². The highest BCUT2D eigenvalue weighted by molar-refractivity contribution is 9.10. The first-order valence-corrected chi connectivity index (χ1v) is 5.95. The van der Waals surface area contributed by atoms with Gasteiger partial charge in [0.1, 0.15) is 5.78 Å². The number of aryl methyl sites for hydroxylation is 1. The zero-order valence-corrected chi connectivity index (χ0v) is 10.6. The molecule has 2 rings (SSSR count). The maximum absolute atomic E-state index is 11.7. The Labute approximate surface area is 103 Å². The van der Waals surface area contributed by atoms with E-state index in [1.807, 2.05) is 25.1 Å². The summed E-state index contributed by atoms with van der Waals surface area (Å²) in [6.45, 7) is 2.46. The van der Waals surface area contributed by atoms with Crippen molar-refractivity contribution in [2.45, 2.75) is 19.8 Å². The molecule has 1 aromatic carbocycles. The van der Waals surface area contributed by atoms with Crippen molar-refractivity contribution in [3.05, 3.63) is 28.2 Å². The first-order valence-electron chi connectivity index (χ1n) is 5.16. The van der Waals surface area contributed by atoms with Gasteiger partial charge in [0.05, 0.1) is 6.42 Å². The van der Waals surface area contributed by atoms with Crippen LogP contribution in [0, 0.1) is 6.92 Å². The summed E-state index contributed by atoms with van der Waals surface area (Å²) in [5.74, 6) is -0.0577. The van der Waals surface area contributed by atoms with Gasteiger partial charge in [0.2, 0.25) is 5.91 Å². The summed E-state index contributed by atoms with van der Waals surface area (Å²) >= 11 is 3.39. The fourth-order valence-electron chi connectivity index (χ4n) is 1.89. The lowest BCUT2D eigenvalue weighted by atomic mass is 10.1. The maximum Gasteiger partial charge on any atom is 0.234 e. The van der Waals surface area contributed by atoms with Gasteiger partial charge in [-0.3, -0.25) is 9.59 Å². The first-order chi connectivity index (χ1) is 7.58. The third-order valence-electron chi connectivity index (χ3n) is 2.71. The van der Waals surface area contributed by atoms with Crippen LogP contribution < -0.4 is 4.90 Å². The molecule has 16 heavy (non-hydrogen) atoms. The number of carbonyl (C=O) groups is 2. The summed E-state index contributed by atoms with van der Waals surface area (Å²) in [7, 11) is 0. The summed E-state index contributed by atoms with van der Waals surface area (Å²) in [4.78, 5) is 24.6. The number of hydrogen-bond donors (Lipinski definition) is 0. The molecule has 0 radical (unpaired) electrons. The second kappa shape index (κ2) is 4.37. The van der Waals surface area contributed by atoms with E-state index in [9.17, 15) is 9.59 Å². The Morgan fingerprint density at radius 2 is 2.06 bits per heavy atom. The van der Waals surface area contributed by atoms with E-state index in [-0.39, 0.29) is 18.1 Å². The second-order valence-electron chi connectivity index (χ2n) is 3.94. The van der Waals surface area contributed by atoms with Gasteiger partial charge in [-0.25, -0.2) is 0 Å². The molecule has 1 aliphatic heterocycles. The number of amides is 1. The molecule has 3 nitrogen and oxygen atoms in total. The van der Waals surface area contributed by atoms with E-state index in [0.29, 0.717) is 13.0 Å². The summed E-state index contributed by atoms with van der Waals surface area (Å²) in [5.41, 5.74) is 1.94. The van der Waals surface area contributed by atoms with E-state index in [4.69, 9.17) is 0 Å². The predicted octanol–water partition coefficient (Wildman–Crippen LogP) is 2.45. The minimum atomic E-state index is -0.0957. The van der Waals surface area contributed by atoms with Crippen molar-refractivity contribution in [3.8, 4) is 0 Å². The largest absolute Gasteiger partial charge is 0.311 e. The van der Waals surface area contributed by atoms with Gasteiger partial charge in [-0.15, -0.1) is 0 Å².